The minimum Gasteiger partial charge on any atom is -0.466 e. The molecule has 0 spiro atoms. The molecule has 0 saturated carbocycles. The van der Waals surface area contributed by atoms with Crippen molar-refractivity contribution in [1.29, 1.82) is 0 Å². The van der Waals surface area contributed by atoms with E-state index in [4.69, 9.17) is 4.74 Å². The molecule has 0 aliphatic carbocycles. The van der Waals surface area contributed by atoms with Crippen molar-refractivity contribution in [3.8, 4) is 0 Å². The molecule has 1 amide bonds. The summed E-state index contributed by atoms with van der Waals surface area (Å²) in [5.74, 6) is -0.156. The summed E-state index contributed by atoms with van der Waals surface area (Å²) < 4.78 is 4.83. The fraction of sp³-hybridized carbons (Fsp3) is 0.857. The Balaban J connectivity index is 2.05. The molecule has 0 bridgehead atoms. The highest BCUT2D eigenvalue weighted by atomic mass is 16.5. The molecular formula is C14H27N3O3. The van der Waals surface area contributed by atoms with Crippen molar-refractivity contribution in [1.82, 2.24) is 15.1 Å². The maximum Gasteiger partial charge on any atom is 0.305 e. The Bertz CT molecular complexity index is 302. The zero-order valence-electron chi connectivity index (χ0n) is 12.7. The van der Waals surface area contributed by atoms with Crippen LogP contribution in [-0.2, 0) is 14.3 Å². The third kappa shape index (κ3) is 6.86. The van der Waals surface area contributed by atoms with E-state index in [1.807, 2.05) is 0 Å². The minimum absolute atomic E-state index is 0.0406. The van der Waals surface area contributed by atoms with Crippen molar-refractivity contribution in [2.24, 2.45) is 0 Å². The average molecular weight is 285 g/mol. The Morgan fingerprint density at radius 1 is 1.10 bits per heavy atom. The van der Waals surface area contributed by atoms with Crippen molar-refractivity contribution in [3.05, 3.63) is 0 Å². The molecule has 1 aliphatic heterocycles. The van der Waals surface area contributed by atoms with Crippen LogP contribution >= 0.6 is 0 Å². The van der Waals surface area contributed by atoms with Crippen molar-refractivity contribution in [2.45, 2.75) is 26.7 Å². The first kappa shape index (κ1) is 16.9. The van der Waals surface area contributed by atoms with Crippen LogP contribution in [0, 0.1) is 0 Å². The molecule has 6 heteroatoms. The fourth-order valence-electron chi connectivity index (χ4n) is 2.22. The van der Waals surface area contributed by atoms with E-state index in [1.165, 1.54) is 0 Å². The van der Waals surface area contributed by atoms with Crippen LogP contribution in [0.15, 0.2) is 0 Å². The standard InChI is InChI=1S/C14H27N3O3/c1-3-16-8-10-17(11-9-16)12-13(18)15-7-5-6-14(19)20-4-2/h3-12H2,1-2H3,(H,15,18). The molecule has 116 valence electrons. The highest BCUT2D eigenvalue weighted by molar-refractivity contribution is 5.78. The lowest BCUT2D eigenvalue weighted by molar-refractivity contribution is -0.143. The second-order valence-corrected chi connectivity index (χ2v) is 4.97. The monoisotopic (exact) mass is 285 g/mol. The normalized spacial score (nSPS) is 16.9. The third-order valence-corrected chi connectivity index (χ3v) is 3.46. The summed E-state index contributed by atoms with van der Waals surface area (Å²) in [6.45, 7) is 10.4. The molecule has 1 aliphatic rings. The quantitative estimate of drug-likeness (QED) is 0.506. The Morgan fingerprint density at radius 2 is 1.75 bits per heavy atom. The van der Waals surface area contributed by atoms with E-state index in [0.29, 0.717) is 32.5 Å². The topological polar surface area (TPSA) is 61.9 Å². The molecule has 1 fully saturated rings. The SMILES string of the molecule is CCOC(=O)CCCNC(=O)CN1CCN(CC)CC1. The number of carbonyl (C=O) groups excluding carboxylic acids is 2. The van der Waals surface area contributed by atoms with Gasteiger partial charge in [-0.15, -0.1) is 0 Å². The lowest BCUT2D eigenvalue weighted by atomic mass is 10.3. The van der Waals surface area contributed by atoms with Crippen LogP contribution in [0.25, 0.3) is 0 Å². The molecule has 1 heterocycles. The number of rotatable bonds is 8. The van der Waals surface area contributed by atoms with Crippen LogP contribution in [0.2, 0.25) is 0 Å². The number of piperazine rings is 1. The summed E-state index contributed by atoms with van der Waals surface area (Å²) in [4.78, 5) is 27.4. The van der Waals surface area contributed by atoms with Gasteiger partial charge in [-0.05, 0) is 19.9 Å². The molecule has 0 unspecified atom stereocenters. The second kappa shape index (κ2) is 9.72. The minimum atomic E-state index is -0.197. The number of nitrogens with zero attached hydrogens (tertiary/aromatic N) is 2. The number of carbonyl (C=O) groups is 2. The Morgan fingerprint density at radius 3 is 2.35 bits per heavy atom. The van der Waals surface area contributed by atoms with Gasteiger partial charge in [0.05, 0.1) is 13.2 Å². The van der Waals surface area contributed by atoms with E-state index in [0.717, 1.165) is 32.7 Å². The zero-order chi connectivity index (χ0) is 14.8. The molecule has 0 aromatic carbocycles. The number of hydrogen-bond donors (Lipinski definition) is 1. The average Bonchev–Trinajstić information content (AvgIpc) is 2.45. The lowest BCUT2D eigenvalue weighted by Crippen LogP contribution is -2.49. The summed E-state index contributed by atoms with van der Waals surface area (Å²) in [5.41, 5.74) is 0. The van der Waals surface area contributed by atoms with Crippen LogP contribution < -0.4 is 5.32 Å². The third-order valence-electron chi connectivity index (χ3n) is 3.46. The van der Waals surface area contributed by atoms with Gasteiger partial charge >= 0.3 is 5.97 Å². The molecule has 20 heavy (non-hydrogen) atoms. The van der Waals surface area contributed by atoms with Crippen LogP contribution in [0.1, 0.15) is 26.7 Å². The van der Waals surface area contributed by atoms with E-state index in [9.17, 15) is 9.59 Å². The molecule has 0 radical (unpaired) electrons. The first-order chi connectivity index (χ1) is 9.65. The molecular weight excluding hydrogens is 258 g/mol. The predicted octanol–water partition coefficient (Wildman–Crippen LogP) is 0.0834. The maximum atomic E-state index is 11.8. The second-order valence-electron chi connectivity index (χ2n) is 4.97. The number of nitrogens with one attached hydrogen (secondary N) is 1. The van der Waals surface area contributed by atoms with E-state index in [1.54, 1.807) is 6.92 Å². The van der Waals surface area contributed by atoms with Gasteiger partial charge < -0.3 is 15.0 Å². The number of ether oxygens (including phenoxy) is 1. The van der Waals surface area contributed by atoms with Gasteiger partial charge in [-0.3, -0.25) is 14.5 Å². The van der Waals surface area contributed by atoms with E-state index < -0.39 is 0 Å². The smallest absolute Gasteiger partial charge is 0.305 e. The Hall–Kier alpha value is -1.14. The summed E-state index contributed by atoms with van der Waals surface area (Å²) in [6, 6.07) is 0. The zero-order valence-corrected chi connectivity index (χ0v) is 12.7. The van der Waals surface area contributed by atoms with Crippen LogP contribution in [-0.4, -0.2) is 74.1 Å². The molecule has 6 nitrogen and oxygen atoms in total. The van der Waals surface area contributed by atoms with Gasteiger partial charge in [-0.2, -0.15) is 0 Å². The largest absolute Gasteiger partial charge is 0.466 e. The molecule has 0 aromatic heterocycles. The van der Waals surface area contributed by atoms with Crippen LogP contribution in [0.3, 0.4) is 0 Å². The predicted molar refractivity (Wildman–Crippen MR) is 77.4 cm³/mol. The van der Waals surface area contributed by atoms with Gasteiger partial charge in [-0.1, -0.05) is 6.92 Å². The van der Waals surface area contributed by atoms with Crippen LogP contribution in [0.4, 0.5) is 0 Å². The van der Waals surface area contributed by atoms with Gasteiger partial charge in [0.15, 0.2) is 0 Å². The Labute approximate surface area is 121 Å². The summed E-state index contributed by atoms with van der Waals surface area (Å²) in [6.07, 6.45) is 0.998. The van der Waals surface area contributed by atoms with Gasteiger partial charge in [0, 0.05) is 39.1 Å². The summed E-state index contributed by atoms with van der Waals surface area (Å²) in [7, 11) is 0. The van der Waals surface area contributed by atoms with Crippen LogP contribution in [0.5, 0.6) is 0 Å². The van der Waals surface area contributed by atoms with Crippen molar-refractivity contribution in [3.63, 3.8) is 0 Å². The summed E-state index contributed by atoms with van der Waals surface area (Å²) in [5, 5.41) is 2.85. The van der Waals surface area contributed by atoms with E-state index in [-0.39, 0.29) is 11.9 Å². The molecule has 0 atom stereocenters. The molecule has 1 N–H and O–H groups in total. The van der Waals surface area contributed by atoms with Gasteiger partial charge in [0.25, 0.3) is 0 Å². The first-order valence-electron chi connectivity index (χ1n) is 7.52. The van der Waals surface area contributed by atoms with Crippen molar-refractivity contribution in [2.75, 3.05) is 52.4 Å². The van der Waals surface area contributed by atoms with Crippen molar-refractivity contribution < 1.29 is 14.3 Å². The fourth-order valence-corrected chi connectivity index (χ4v) is 2.22. The lowest BCUT2D eigenvalue weighted by Gasteiger charge is -2.33. The Kier molecular flexibility index (Phi) is 8.22. The summed E-state index contributed by atoms with van der Waals surface area (Å²) >= 11 is 0. The van der Waals surface area contributed by atoms with Crippen molar-refractivity contribution >= 4 is 11.9 Å². The van der Waals surface area contributed by atoms with E-state index in [2.05, 4.69) is 22.0 Å². The molecule has 0 aromatic rings. The molecule has 1 rings (SSSR count). The highest BCUT2D eigenvalue weighted by Crippen LogP contribution is 2.00. The number of esters is 1. The number of hydrogen-bond acceptors (Lipinski definition) is 5. The van der Waals surface area contributed by atoms with Gasteiger partial charge in [0.1, 0.15) is 0 Å². The molecule has 1 saturated heterocycles. The number of amides is 1. The number of likely N-dealkylation sites (N-methyl/N-ethyl adjacent to an activating group) is 1. The first-order valence-corrected chi connectivity index (χ1v) is 7.52. The van der Waals surface area contributed by atoms with Gasteiger partial charge in [0.2, 0.25) is 5.91 Å². The van der Waals surface area contributed by atoms with Gasteiger partial charge in [-0.25, -0.2) is 0 Å². The van der Waals surface area contributed by atoms with E-state index >= 15 is 0 Å². The maximum absolute atomic E-state index is 11.8. The highest BCUT2D eigenvalue weighted by Gasteiger charge is 2.17.